The molecule has 0 spiro atoms. The Kier molecular flexibility index (Phi) is 5.11. The number of ether oxygens (including phenoxy) is 1. The standard InChI is InChI=1S/C15H14Cl2N2O3/c1-9-5-12(13(22-2)6-11(9)17)18-14(20)8-19-7-10(16)3-4-15(19)21/h3-7H,8H2,1-2H3,(H,18,20). The van der Waals surface area contributed by atoms with Crippen LogP contribution in [0.1, 0.15) is 5.56 Å². The van der Waals surface area contributed by atoms with Gasteiger partial charge in [0.25, 0.3) is 5.56 Å². The third-order valence-electron chi connectivity index (χ3n) is 3.02. The Morgan fingerprint density at radius 3 is 2.73 bits per heavy atom. The first-order chi connectivity index (χ1) is 10.4. The van der Waals surface area contributed by atoms with Crippen molar-refractivity contribution in [2.45, 2.75) is 13.5 Å². The molecule has 1 amide bonds. The van der Waals surface area contributed by atoms with E-state index in [2.05, 4.69) is 5.32 Å². The molecule has 22 heavy (non-hydrogen) atoms. The number of carbonyl (C=O) groups excluding carboxylic acids is 1. The SMILES string of the molecule is COc1cc(Cl)c(C)cc1NC(=O)Cn1cc(Cl)ccc1=O. The van der Waals surface area contributed by atoms with Gasteiger partial charge in [-0.3, -0.25) is 9.59 Å². The highest BCUT2D eigenvalue weighted by atomic mass is 35.5. The van der Waals surface area contributed by atoms with Crippen molar-refractivity contribution >= 4 is 34.8 Å². The second kappa shape index (κ2) is 6.85. The third-order valence-corrected chi connectivity index (χ3v) is 3.65. The van der Waals surface area contributed by atoms with Gasteiger partial charge < -0.3 is 14.6 Å². The molecule has 1 N–H and O–H groups in total. The van der Waals surface area contributed by atoms with Crippen LogP contribution in [-0.2, 0) is 11.3 Å². The molecule has 7 heteroatoms. The molecule has 2 rings (SSSR count). The lowest BCUT2D eigenvalue weighted by Gasteiger charge is -2.13. The number of aromatic nitrogens is 1. The Hall–Kier alpha value is -1.98. The van der Waals surface area contributed by atoms with Crippen LogP contribution in [0, 0.1) is 6.92 Å². The molecule has 1 aromatic heterocycles. The fourth-order valence-electron chi connectivity index (χ4n) is 1.90. The van der Waals surface area contributed by atoms with Gasteiger partial charge in [-0.15, -0.1) is 0 Å². The van der Waals surface area contributed by atoms with Crippen LogP contribution < -0.4 is 15.6 Å². The minimum atomic E-state index is -0.371. The molecular formula is C15H14Cl2N2O3. The number of nitrogens with zero attached hydrogens (tertiary/aromatic N) is 1. The number of aryl methyl sites for hydroxylation is 1. The van der Waals surface area contributed by atoms with E-state index in [-0.39, 0.29) is 18.0 Å². The van der Waals surface area contributed by atoms with E-state index >= 15 is 0 Å². The molecule has 2 aromatic rings. The van der Waals surface area contributed by atoms with Crippen LogP contribution in [0.5, 0.6) is 5.75 Å². The zero-order valence-corrected chi connectivity index (χ0v) is 13.5. The van der Waals surface area contributed by atoms with Crippen molar-refractivity contribution in [3.8, 4) is 5.75 Å². The quantitative estimate of drug-likeness (QED) is 0.930. The van der Waals surface area contributed by atoms with E-state index < -0.39 is 0 Å². The van der Waals surface area contributed by atoms with Crippen molar-refractivity contribution in [2.24, 2.45) is 0 Å². The Morgan fingerprint density at radius 2 is 2.05 bits per heavy atom. The van der Waals surface area contributed by atoms with E-state index in [0.29, 0.717) is 21.5 Å². The normalized spacial score (nSPS) is 10.4. The fraction of sp³-hybridized carbons (Fsp3) is 0.200. The van der Waals surface area contributed by atoms with E-state index in [4.69, 9.17) is 27.9 Å². The summed E-state index contributed by atoms with van der Waals surface area (Å²) in [6.07, 6.45) is 1.41. The molecular weight excluding hydrogens is 327 g/mol. The van der Waals surface area contributed by atoms with E-state index in [1.54, 1.807) is 12.1 Å². The summed E-state index contributed by atoms with van der Waals surface area (Å²) in [5.74, 6) is 0.0757. The Morgan fingerprint density at radius 1 is 1.32 bits per heavy atom. The summed E-state index contributed by atoms with van der Waals surface area (Å²) >= 11 is 11.8. The van der Waals surface area contributed by atoms with Crippen LogP contribution in [0.2, 0.25) is 10.0 Å². The maximum atomic E-state index is 12.1. The number of benzene rings is 1. The van der Waals surface area contributed by atoms with Gasteiger partial charge in [0.1, 0.15) is 12.3 Å². The third kappa shape index (κ3) is 3.81. The van der Waals surface area contributed by atoms with Crippen LogP contribution in [0.15, 0.2) is 35.3 Å². The predicted molar refractivity (Wildman–Crippen MR) is 87.1 cm³/mol. The zero-order chi connectivity index (χ0) is 16.3. The summed E-state index contributed by atoms with van der Waals surface area (Å²) in [6.45, 7) is 1.67. The molecule has 1 heterocycles. The van der Waals surface area contributed by atoms with Gasteiger partial charge in [-0.25, -0.2) is 0 Å². The molecule has 0 radical (unpaired) electrons. The molecule has 0 atom stereocenters. The lowest BCUT2D eigenvalue weighted by Crippen LogP contribution is -2.26. The average molecular weight is 341 g/mol. The van der Waals surface area contributed by atoms with E-state index in [1.165, 1.54) is 30.0 Å². The number of nitrogens with one attached hydrogen (secondary N) is 1. The number of amides is 1. The first-order valence-corrected chi connectivity index (χ1v) is 7.16. The molecule has 116 valence electrons. The van der Waals surface area contributed by atoms with Gasteiger partial charge in [-0.05, 0) is 24.6 Å². The van der Waals surface area contributed by atoms with Crippen molar-refractivity contribution in [1.29, 1.82) is 0 Å². The van der Waals surface area contributed by atoms with Gasteiger partial charge in [-0.2, -0.15) is 0 Å². The smallest absolute Gasteiger partial charge is 0.251 e. The summed E-state index contributed by atoms with van der Waals surface area (Å²) < 4.78 is 6.42. The average Bonchev–Trinajstić information content (AvgIpc) is 2.46. The van der Waals surface area contributed by atoms with Crippen molar-refractivity contribution in [2.75, 3.05) is 12.4 Å². The molecule has 0 aliphatic carbocycles. The molecule has 0 unspecified atom stereocenters. The van der Waals surface area contributed by atoms with E-state index in [9.17, 15) is 9.59 Å². The molecule has 0 bridgehead atoms. The Balaban J connectivity index is 2.20. The largest absolute Gasteiger partial charge is 0.495 e. The predicted octanol–water partition coefficient (Wildman–Crippen LogP) is 3.11. The lowest BCUT2D eigenvalue weighted by molar-refractivity contribution is -0.116. The summed E-state index contributed by atoms with van der Waals surface area (Å²) in [6, 6.07) is 6.12. The van der Waals surface area contributed by atoms with E-state index in [0.717, 1.165) is 5.56 Å². The summed E-state index contributed by atoms with van der Waals surface area (Å²) in [4.78, 5) is 23.8. The Labute approximate surface area is 137 Å². The molecule has 1 aromatic carbocycles. The highest BCUT2D eigenvalue weighted by molar-refractivity contribution is 6.31. The van der Waals surface area contributed by atoms with Gasteiger partial charge in [0.05, 0.1) is 17.8 Å². The number of hydrogen-bond acceptors (Lipinski definition) is 3. The van der Waals surface area contributed by atoms with E-state index in [1.807, 2.05) is 6.92 Å². The lowest BCUT2D eigenvalue weighted by atomic mass is 10.2. The summed E-state index contributed by atoms with van der Waals surface area (Å²) in [7, 11) is 1.48. The van der Waals surface area contributed by atoms with Crippen molar-refractivity contribution < 1.29 is 9.53 Å². The minimum Gasteiger partial charge on any atom is -0.495 e. The zero-order valence-electron chi connectivity index (χ0n) is 12.0. The number of hydrogen-bond donors (Lipinski definition) is 1. The highest BCUT2D eigenvalue weighted by Crippen LogP contribution is 2.30. The van der Waals surface area contributed by atoms with Crippen molar-refractivity contribution in [3.63, 3.8) is 0 Å². The first kappa shape index (κ1) is 16.4. The number of anilines is 1. The maximum Gasteiger partial charge on any atom is 0.251 e. The van der Waals surface area contributed by atoms with Crippen LogP contribution in [-0.4, -0.2) is 17.6 Å². The molecule has 0 saturated carbocycles. The molecule has 0 saturated heterocycles. The highest BCUT2D eigenvalue weighted by Gasteiger charge is 2.11. The number of rotatable bonds is 4. The monoisotopic (exact) mass is 340 g/mol. The van der Waals surface area contributed by atoms with Crippen LogP contribution >= 0.6 is 23.2 Å². The van der Waals surface area contributed by atoms with Crippen LogP contribution in [0.25, 0.3) is 0 Å². The van der Waals surface area contributed by atoms with Gasteiger partial charge >= 0.3 is 0 Å². The van der Waals surface area contributed by atoms with Crippen LogP contribution in [0.4, 0.5) is 5.69 Å². The second-order valence-electron chi connectivity index (χ2n) is 4.66. The van der Waals surface area contributed by atoms with Crippen molar-refractivity contribution in [3.05, 3.63) is 56.4 Å². The molecule has 0 fully saturated rings. The topological polar surface area (TPSA) is 60.3 Å². The second-order valence-corrected chi connectivity index (χ2v) is 5.51. The van der Waals surface area contributed by atoms with Gasteiger partial charge in [-0.1, -0.05) is 23.2 Å². The van der Waals surface area contributed by atoms with Gasteiger partial charge in [0, 0.05) is 23.4 Å². The van der Waals surface area contributed by atoms with Gasteiger partial charge in [0.15, 0.2) is 0 Å². The fourth-order valence-corrected chi connectivity index (χ4v) is 2.23. The summed E-state index contributed by atoms with van der Waals surface area (Å²) in [5, 5.41) is 3.62. The number of methoxy groups -OCH3 is 1. The Bertz CT molecular complexity index is 772. The summed E-state index contributed by atoms with van der Waals surface area (Å²) in [5.41, 5.74) is 0.987. The number of halogens is 2. The molecule has 5 nitrogen and oxygen atoms in total. The minimum absolute atomic E-state index is 0.149. The maximum absolute atomic E-state index is 12.1. The molecule has 0 aliphatic rings. The van der Waals surface area contributed by atoms with Crippen molar-refractivity contribution in [1.82, 2.24) is 4.57 Å². The molecule has 0 aliphatic heterocycles. The first-order valence-electron chi connectivity index (χ1n) is 6.40. The number of pyridine rings is 1. The van der Waals surface area contributed by atoms with Crippen LogP contribution in [0.3, 0.4) is 0 Å². The van der Waals surface area contributed by atoms with Gasteiger partial charge in [0.2, 0.25) is 5.91 Å². The number of carbonyl (C=O) groups is 1.